The van der Waals surface area contributed by atoms with E-state index in [1.807, 2.05) is 0 Å². The molecule has 2 rings (SSSR count). The van der Waals surface area contributed by atoms with Gasteiger partial charge in [0.15, 0.2) is 0 Å². The Labute approximate surface area is 134 Å². The van der Waals surface area contributed by atoms with E-state index in [4.69, 9.17) is 16.3 Å². The maximum atomic E-state index is 11.9. The van der Waals surface area contributed by atoms with Gasteiger partial charge in [0.1, 0.15) is 0 Å². The molecule has 1 aromatic rings. The van der Waals surface area contributed by atoms with E-state index in [1.165, 1.54) is 19.2 Å². The number of carbonyl (C=O) groups excluding carboxylic acids is 2. The van der Waals surface area contributed by atoms with Crippen molar-refractivity contribution >= 4 is 29.3 Å². The monoisotopic (exact) mass is 326 g/mol. The summed E-state index contributed by atoms with van der Waals surface area (Å²) < 4.78 is 9.88. The van der Waals surface area contributed by atoms with Gasteiger partial charge in [0.25, 0.3) is 0 Å². The fourth-order valence-electron chi connectivity index (χ4n) is 2.23. The molecule has 0 spiro atoms. The number of benzene rings is 1. The van der Waals surface area contributed by atoms with Gasteiger partial charge in [-0.1, -0.05) is 11.6 Å². The van der Waals surface area contributed by atoms with Crippen molar-refractivity contribution in [1.29, 1.82) is 0 Å². The number of nitrogens with one attached hydrogen (secondary N) is 2. The lowest BCUT2D eigenvalue weighted by molar-refractivity contribution is 0.0601. The van der Waals surface area contributed by atoms with E-state index in [9.17, 15) is 9.59 Å². The second-order valence-electron chi connectivity index (χ2n) is 5.08. The fourth-order valence-corrected chi connectivity index (χ4v) is 2.49. The summed E-state index contributed by atoms with van der Waals surface area (Å²) in [5, 5.41) is 5.75. The van der Waals surface area contributed by atoms with Crippen LogP contribution < -0.4 is 10.6 Å². The van der Waals surface area contributed by atoms with Crippen LogP contribution in [0.1, 0.15) is 23.2 Å². The number of urea groups is 1. The number of anilines is 1. The molecule has 0 aromatic heterocycles. The molecule has 0 unspecified atom stereocenters. The van der Waals surface area contributed by atoms with E-state index in [0.29, 0.717) is 18.2 Å². The summed E-state index contributed by atoms with van der Waals surface area (Å²) in [4.78, 5) is 23.3. The van der Waals surface area contributed by atoms with Gasteiger partial charge in [-0.05, 0) is 37.0 Å². The van der Waals surface area contributed by atoms with E-state index in [0.717, 1.165) is 26.1 Å². The first-order valence-corrected chi connectivity index (χ1v) is 7.48. The molecule has 6 nitrogen and oxygen atoms in total. The van der Waals surface area contributed by atoms with E-state index in [1.54, 1.807) is 6.07 Å². The zero-order chi connectivity index (χ0) is 15.9. The average molecular weight is 327 g/mol. The number of ether oxygens (including phenoxy) is 2. The van der Waals surface area contributed by atoms with Crippen LogP contribution in [0.5, 0.6) is 0 Å². The van der Waals surface area contributed by atoms with Crippen LogP contribution in [0.3, 0.4) is 0 Å². The minimum absolute atomic E-state index is 0.231. The van der Waals surface area contributed by atoms with Gasteiger partial charge in [0, 0.05) is 25.4 Å². The van der Waals surface area contributed by atoms with E-state index in [-0.39, 0.29) is 16.6 Å². The highest BCUT2D eigenvalue weighted by Gasteiger charge is 2.15. The van der Waals surface area contributed by atoms with E-state index < -0.39 is 5.97 Å². The summed E-state index contributed by atoms with van der Waals surface area (Å²) >= 11 is 6.00. The second-order valence-corrected chi connectivity index (χ2v) is 5.48. The number of hydrogen-bond donors (Lipinski definition) is 2. The molecule has 2 amide bonds. The first kappa shape index (κ1) is 16.6. The van der Waals surface area contributed by atoms with Crippen molar-refractivity contribution in [3.8, 4) is 0 Å². The van der Waals surface area contributed by atoms with Crippen LogP contribution in [-0.4, -0.2) is 38.9 Å². The van der Waals surface area contributed by atoms with Gasteiger partial charge in [0.05, 0.1) is 17.7 Å². The minimum atomic E-state index is -0.513. The van der Waals surface area contributed by atoms with Gasteiger partial charge in [0.2, 0.25) is 0 Å². The Morgan fingerprint density at radius 2 is 2.09 bits per heavy atom. The lowest BCUT2D eigenvalue weighted by Crippen LogP contribution is -2.35. The predicted octanol–water partition coefficient (Wildman–Crippen LogP) is 2.67. The Hall–Kier alpha value is -1.79. The highest BCUT2D eigenvalue weighted by molar-refractivity contribution is 6.33. The predicted molar refractivity (Wildman–Crippen MR) is 83.4 cm³/mol. The normalized spacial score (nSPS) is 15.2. The number of hydrogen-bond acceptors (Lipinski definition) is 4. The summed E-state index contributed by atoms with van der Waals surface area (Å²) in [5.41, 5.74) is 0.777. The van der Waals surface area contributed by atoms with Crippen LogP contribution in [-0.2, 0) is 9.47 Å². The van der Waals surface area contributed by atoms with Crippen molar-refractivity contribution in [2.75, 3.05) is 32.2 Å². The number of amides is 2. The van der Waals surface area contributed by atoms with Crippen molar-refractivity contribution in [2.24, 2.45) is 5.92 Å². The van der Waals surface area contributed by atoms with Gasteiger partial charge >= 0.3 is 12.0 Å². The third-order valence-corrected chi connectivity index (χ3v) is 3.84. The number of rotatable bonds is 4. The van der Waals surface area contributed by atoms with Gasteiger partial charge < -0.3 is 20.1 Å². The largest absolute Gasteiger partial charge is 0.465 e. The molecule has 0 aliphatic carbocycles. The third kappa shape index (κ3) is 4.61. The molecule has 7 heteroatoms. The van der Waals surface area contributed by atoms with Gasteiger partial charge in [-0.25, -0.2) is 9.59 Å². The molecule has 22 heavy (non-hydrogen) atoms. The third-order valence-electron chi connectivity index (χ3n) is 3.52. The van der Waals surface area contributed by atoms with Crippen LogP contribution in [0.15, 0.2) is 18.2 Å². The molecule has 1 fully saturated rings. The molecule has 0 bridgehead atoms. The Morgan fingerprint density at radius 3 is 2.73 bits per heavy atom. The molecular formula is C15H19ClN2O4. The molecular weight excluding hydrogens is 308 g/mol. The topological polar surface area (TPSA) is 76.7 Å². The number of methoxy groups -OCH3 is 1. The molecule has 1 aromatic carbocycles. The van der Waals surface area contributed by atoms with Crippen molar-refractivity contribution in [3.63, 3.8) is 0 Å². The number of esters is 1. The van der Waals surface area contributed by atoms with Crippen LogP contribution >= 0.6 is 11.6 Å². The smallest absolute Gasteiger partial charge is 0.339 e. The van der Waals surface area contributed by atoms with Crippen molar-refractivity contribution in [2.45, 2.75) is 12.8 Å². The molecule has 1 aliphatic rings. The molecule has 120 valence electrons. The molecule has 1 heterocycles. The summed E-state index contributed by atoms with van der Waals surface area (Å²) in [6.45, 7) is 2.11. The Balaban J connectivity index is 1.85. The van der Waals surface area contributed by atoms with Gasteiger partial charge in [-0.3, -0.25) is 0 Å². The van der Waals surface area contributed by atoms with Gasteiger partial charge in [-0.15, -0.1) is 0 Å². The summed E-state index contributed by atoms with van der Waals surface area (Å²) in [7, 11) is 1.29. The lowest BCUT2D eigenvalue weighted by atomic mass is 10.0. The van der Waals surface area contributed by atoms with Crippen LogP contribution in [0, 0.1) is 5.92 Å². The standard InChI is InChI=1S/C15H19ClN2O4/c1-21-14(19)12-3-2-11(8-13(12)16)18-15(20)17-9-10-4-6-22-7-5-10/h2-3,8,10H,4-7,9H2,1H3,(H2,17,18,20). The first-order valence-electron chi connectivity index (χ1n) is 7.10. The quantitative estimate of drug-likeness (QED) is 0.834. The number of carbonyl (C=O) groups is 2. The van der Waals surface area contributed by atoms with Crippen molar-refractivity contribution in [3.05, 3.63) is 28.8 Å². The molecule has 0 radical (unpaired) electrons. The minimum Gasteiger partial charge on any atom is -0.465 e. The summed E-state index contributed by atoms with van der Waals surface area (Å²) in [6, 6.07) is 4.34. The van der Waals surface area contributed by atoms with Crippen LogP contribution in [0.25, 0.3) is 0 Å². The Kier molecular flexibility index (Phi) is 6.03. The molecule has 0 saturated carbocycles. The zero-order valence-electron chi connectivity index (χ0n) is 12.4. The Bertz CT molecular complexity index is 544. The van der Waals surface area contributed by atoms with Crippen molar-refractivity contribution < 1.29 is 19.1 Å². The maximum absolute atomic E-state index is 11.9. The molecule has 2 N–H and O–H groups in total. The van der Waals surface area contributed by atoms with Crippen LogP contribution in [0.4, 0.5) is 10.5 Å². The molecule has 0 atom stereocenters. The fraction of sp³-hybridized carbons (Fsp3) is 0.467. The van der Waals surface area contributed by atoms with E-state index >= 15 is 0 Å². The van der Waals surface area contributed by atoms with Crippen LogP contribution in [0.2, 0.25) is 5.02 Å². The second kappa shape index (κ2) is 8.00. The molecule has 1 aliphatic heterocycles. The SMILES string of the molecule is COC(=O)c1ccc(NC(=O)NCC2CCOCC2)cc1Cl. The zero-order valence-corrected chi connectivity index (χ0v) is 13.1. The summed E-state index contributed by atoms with van der Waals surface area (Å²) in [6.07, 6.45) is 1.92. The highest BCUT2D eigenvalue weighted by Crippen LogP contribution is 2.21. The van der Waals surface area contributed by atoms with Crippen molar-refractivity contribution in [1.82, 2.24) is 5.32 Å². The Morgan fingerprint density at radius 1 is 1.36 bits per heavy atom. The highest BCUT2D eigenvalue weighted by atomic mass is 35.5. The van der Waals surface area contributed by atoms with E-state index in [2.05, 4.69) is 15.4 Å². The lowest BCUT2D eigenvalue weighted by Gasteiger charge is -2.22. The first-order chi connectivity index (χ1) is 10.6. The maximum Gasteiger partial charge on any atom is 0.339 e. The summed E-state index contributed by atoms with van der Waals surface area (Å²) in [5.74, 6) is -0.0645. The van der Waals surface area contributed by atoms with Gasteiger partial charge in [-0.2, -0.15) is 0 Å². The molecule has 1 saturated heterocycles. The number of halogens is 1. The average Bonchev–Trinajstić information content (AvgIpc) is 2.53.